The Morgan fingerprint density at radius 3 is 1.72 bits per heavy atom. The topological polar surface area (TPSA) is 133 Å². The molecule has 0 saturated carbocycles. The largest absolute Gasteiger partial charge is 0.464 e. The molecule has 25 heavy (non-hydrogen) atoms. The molecule has 0 saturated heterocycles. The fourth-order valence-corrected chi connectivity index (χ4v) is 1.56. The summed E-state index contributed by atoms with van der Waals surface area (Å²) in [5.74, 6) is -3.48. The zero-order chi connectivity index (χ0) is 19.5. The minimum atomic E-state index is -4.36. The summed E-state index contributed by atoms with van der Waals surface area (Å²) >= 11 is 0. The molecular weight excluding hydrogens is 356 g/mol. The number of esters is 3. The van der Waals surface area contributed by atoms with Crippen molar-refractivity contribution in [3.63, 3.8) is 0 Å². The second kappa shape index (κ2) is 11.4. The number of hydrogen-bond donors (Lipinski definition) is 1. The monoisotopic (exact) mass is 378 g/mol. The quantitative estimate of drug-likeness (QED) is 0.252. The number of rotatable bonds is 10. The maximum Gasteiger partial charge on any atom is 0.330 e. The van der Waals surface area contributed by atoms with Crippen LogP contribution in [0.15, 0.2) is 24.3 Å². The second-order valence-electron chi connectivity index (χ2n) is 4.91. The van der Waals surface area contributed by atoms with Crippen molar-refractivity contribution >= 4 is 28.0 Å². The predicted octanol–water partition coefficient (Wildman–Crippen LogP) is 0.661. The van der Waals surface area contributed by atoms with Gasteiger partial charge in [0.2, 0.25) is 0 Å². The van der Waals surface area contributed by atoms with Gasteiger partial charge in [0.15, 0.2) is 0 Å². The summed E-state index contributed by atoms with van der Waals surface area (Å²) in [4.78, 5) is 34.6. The predicted molar refractivity (Wildman–Crippen MR) is 87.0 cm³/mol. The van der Waals surface area contributed by atoms with Crippen molar-refractivity contribution in [1.82, 2.24) is 0 Å². The SMILES string of the molecule is CC=CC(=O)OCC(COC(=O)C=CC)C(=O)OCC(C)S(=O)(=O)O. The highest BCUT2D eigenvalue weighted by Crippen LogP contribution is 2.07. The third kappa shape index (κ3) is 10.3. The molecule has 0 aromatic carbocycles. The van der Waals surface area contributed by atoms with Gasteiger partial charge in [0.25, 0.3) is 10.1 Å². The molecule has 0 aromatic rings. The van der Waals surface area contributed by atoms with Crippen LogP contribution < -0.4 is 0 Å². The molecule has 1 atom stereocenters. The Hall–Kier alpha value is -2.20. The first-order chi connectivity index (χ1) is 11.6. The molecule has 0 radical (unpaired) electrons. The first kappa shape index (κ1) is 22.8. The van der Waals surface area contributed by atoms with Crippen LogP contribution in [0, 0.1) is 5.92 Å². The Bertz CT molecular complexity index is 591. The van der Waals surface area contributed by atoms with Gasteiger partial charge in [0, 0.05) is 12.2 Å². The molecule has 1 unspecified atom stereocenters. The van der Waals surface area contributed by atoms with Gasteiger partial charge in [-0.2, -0.15) is 8.42 Å². The number of allylic oxidation sites excluding steroid dienone is 2. The van der Waals surface area contributed by atoms with E-state index in [0.717, 1.165) is 19.1 Å². The molecule has 142 valence electrons. The summed E-state index contributed by atoms with van der Waals surface area (Å²) in [6.07, 6.45) is 5.15. The normalized spacial score (nSPS) is 14.2. The van der Waals surface area contributed by atoms with E-state index in [1.54, 1.807) is 13.8 Å². The Balaban J connectivity index is 4.81. The number of hydrogen-bond acceptors (Lipinski definition) is 8. The summed E-state index contributed by atoms with van der Waals surface area (Å²) < 4.78 is 45.1. The van der Waals surface area contributed by atoms with Crippen molar-refractivity contribution < 1.29 is 41.6 Å². The molecule has 0 amide bonds. The molecule has 0 aliphatic rings. The summed E-state index contributed by atoms with van der Waals surface area (Å²) in [6, 6.07) is 0. The summed E-state index contributed by atoms with van der Waals surface area (Å²) in [7, 11) is -4.36. The minimum Gasteiger partial charge on any atom is -0.464 e. The summed E-state index contributed by atoms with van der Waals surface area (Å²) in [5, 5.41) is -1.33. The van der Waals surface area contributed by atoms with Crippen LogP contribution in [0.2, 0.25) is 0 Å². The lowest BCUT2D eigenvalue weighted by Gasteiger charge is -2.16. The van der Waals surface area contributed by atoms with E-state index in [9.17, 15) is 22.8 Å². The maximum absolute atomic E-state index is 12.0. The van der Waals surface area contributed by atoms with E-state index in [-0.39, 0.29) is 0 Å². The Labute approximate surface area is 146 Å². The molecule has 0 rings (SSSR count). The second-order valence-corrected chi connectivity index (χ2v) is 6.75. The highest BCUT2D eigenvalue weighted by atomic mass is 32.2. The summed E-state index contributed by atoms with van der Waals surface area (Å²) in [6.45, 7) is 2.90. The molecule has 1 N–H and O–H groups in total. The average molecular weight is 378 g/mol. The van der Waals surface area contributed by atoms with Crippen molar-refractivity contribution in [2.24, 2.45) is 5.92 Å². The number of ether oxygens (including phenoxy) is 3. The lowest BCUT2D eigenvalue weighted by atomic mass is 10.2. The molecule has 0 heterocycles. The van der Waals surface area contributed by atoms with Crippen LogP contribution in [0.3, 0.4) is 0 Å². The molecule has 0 spiro atoms. The Morgan fingerprint density at radius 1 is 0.920 bits per heavy atom. The van der Waals surface area contributed by atoms with Gasteiger partial charge in [-0.25, -0.2) is 9.59 Å². The van der Waals surface area contributed by atoms with Crippen LogP contribution >= 0.6 is 0 Å². The Morgan fingerprint density at radius 2 is 1.36 bits per heavy atom. The van der Waals surface area contributed by atoms with Crippen LogP contribution in [0.5, 0.6) is 0 Å². The zero-order valence-electron chi connectivity index (χ0n) is 14.2. The smallest absolute Gasteiger partial charge is 0.330 e. The van der Waals surface area contributed by atoms with Crippen molar-refractivity contribution in [3.8, 4) is 0 Å². The molecule has 9 nitrogen and oxygen atoms in total. The van der Waals surface area contributed by atoms with Crippen molar-refractivity contribution in [2.45, 2.75) is 26.0 Å². The van der Waals surface area contributed by atoms with Gasteiger partial charge in [-0.1, -0.05) is 12.2 Å². The first-order valence-corrected chi connectivity index (χ1v) is 8.84. The van der Waals surface area contributed by atoms with Gasteiger partial charge in [-0.3, -0.25) is 9.35 Å². The highest BCUT2D eigenvalue weighted by Gasteiger charge is 2.26. The fourth-order valence-electron chi connectivity index (χ4n) is 1.32. The standard InChI is InChI=1S/C15H22O9S/c1-4-6-13(16)22-9-12(10-23-14(17)7-5-2)15(18)24-8-11(3)25(19,20)21/h4-7,11-12H,8-10H2,1-3H3,(H,19,20,21). The third-order valence-electron chi connectivity index (χ3n) is 2.76. The van der Waals surface area contributed by atoms with Gasteiger partial charge in [0.1, 0.15) is 31.0 Å². The van der Waals surface area contributed by atoms with Crippen molar-refractivity contribution in [1.29, 1.82) is 0 Å². The molecule has 0 fully saturated rings. The van der Waals surface area contributed by atoms with Crippen LogP contribution in [-0.2, 0) is 38.7 Å². The van der Waals surface area contributed by atoms with E-state index in [2.05, 4.69) is 0 Å². The van der Waals surface area contributed by atoms with Gasteiger partial charge in [0.05, 0.1) is 0 Å². The van der Waals surface area contributed by atoms with Gasteiger partial charge >= 0.3 is 17.9 Å². The van der Waals surface area contributed by atoms with Gasteiger partial charge < -0.3 is 14.2 Å². The van der Waals surface area contributed by atoms with E-state index in [4.69, 9.17) is 18.8 Å². The van der Waals surface area contributed by atoms with E-state index in [1.165, 1.54) is 12.2 Å². The number of carbonyl (C=O) groups is 3. The molecule has 0 aliphatic carbocycles. The van der Waals surface area contributed by atoms with E-state index in [1.807, 2.05) is 0 Å². The van der Waals surface area contributed by atoms with Crippen LogP contribution in [0.1, 0.15) is 20.8 Å². The Kier molecular flexibility index (Phi) is 10.4. The van der Waals surface area contributed by atoms with Crippen LogP contribution in [0.4, 0.5) is 0 Å². The van der Waals surface area contributed by atoms with Crippen LogP contribution in [-0.4, -0.2) is 55.9 Å². The molecule has 0 aliphatic heterocycles. The minimum absolute atomic E-state index is 0.425. The van der Waals surface area contributed by atoms with E-state index < -0.39 is 59.0 Å². The van der Waals surface area contributed by atoms with Gasteiger partial charge in [-0.15, -0.1) is 0 Å². The molecule has 0 aromatic heterocycles. The molecule has 0 bridgehead atoms. The van der Waals surface area contributed by atoms with Crippen molar-refractivity contribution in [3.05, 3.63) is 24.3 Å². The maximum atomic E-state index is 12.0. The fraction of sp³-hybridized carbons (Fsp3) is 0.533. The average Bonchev–Trinajstić information content (AvgIpc) is 2.51. The molecule has 10 heteroatoms. The highest BCUT2D eigenvalue weighted by molar-refractivity contribution is 7.86. The zero-order valence-corrected chi connectivity index (χ0v) is 15.0. The van der Waals surface area contributed by atoms with Gasteiger partial charge in [-0.05, 0) is 20.8 Å². The van der Waals surface area contributed by atoms with Crippen LogP contribution in [0.25, 0.3) is 0 Å². The third-order valence-corrected chi connectivity index (χ3v) is 3.91. The van der Waals surface area contributed by atoms with E-state index >= 15 is 0 Å². The first-order valence-electron chi connectivity index (χ1n) is 7.33. The van der Waals surface area contributed by atoms with Crippen molar-refractivity contribution in [2.75, 3.05) is 19.8 Å². The lowest BCUT2D eigenvalue weighted by molar-refractivity contribution is -0.157. The molecular formula is C15H22O9S. The number of carbonyl (C=O) groups excluding carboxylic acids is 3. The lowest BCUT2D eigenvalue weighted by Crippen LogP contribution is -2.32. The summed E-state index contributed by atoms with van der Waals surface area (Å²) in [5.41, 5.74) is 0. The van der Waals surface area contributed by atoms with E-state index in [0.29, 0.717) is 0 Å².